The van der Waals surface area contributed by atoms with Crippen LogP contribution in [0.15, 0.2) is 106 Å². The maximum Gasteiger partial charge on any atom is 0.303 e. The van der Waals surface area contributed by atoms with Gasteiger partial charge in [0, 0.05) is 11.1 Å². The second-order valence-electron chi connectivity index (χ2n) is 21.4. The van der Waals surface area contributed by atoms with Crippen molar-refractivity contribution in [3.8, 4) is 34.0 Å². The Morgan fingerprint density at radius 2 is 1.03 bits per heavy atom. The maximum absolute atomic E-state index is 15.0. The lowest BCUT2D eigenvalue weighted by molar-refractivity contribution is -0.138. The number of halogens is 2. The van der Waals surface area contributed by atoms with Crippen molar-refractivity contribution in [2.75, 3.05) is 14.2 Å². The number of hydrogen-bond donors (Lipinski definition) is 2. The molecule has 4 aliphatic carbocycles. The molecule has 2 N–H and O–H groups in total. The molecule has 0 spiro atoms. The second kappa shape index (κ2) is 21.6. The summed E-state index contributed by atoms with van der Waals surface area (Å²) in [6.07, 6.45) is 20.5. The number of hydrogen-bond acceptors (Lipinski definition) is 8. The molecule has 2 aromatic heterocycles. The zero-order valence-corrected chi connectivity index (χ0v) is 42.9. The molecule has 0 bridgehead atoms. The number of rotatable bonds is 18. The van der Waals surface area contributed by atoms with Crippen LogP contribution in [0.5, 0.6) is 11.5 Å². The van der Waals surface area contributed by atoms with Crippen LogP contribution in [0.1, 0.15) is 149 Å². The van der Waals surface area contributed by atoms with E-state index in [9.17, 15) is 28.6 Å². The van der Waals surface area contributed by atoms with Crippen LogP contribution in [0.25, 0.3) is 58.0 Å². The Labute approximate surface area is 431 Å². The summed E-state index contributed by atoms with van der Waals surface area (Å²) in [5.74, 6) is 0.831. The first-order chi connectivity index (χ1) is 35.5. The number of carbonyl (C=O) groups is 2. The van der Waals surface area contributed by atoms with Crippen LogP contribution in [0.4, 0.5) is 8.78 Å². The summed E-state index contributed by atoms with van der Waals surface area (Å²) >= 11 is 0. The first kappa shape index (κ1) is 51.6. The molecule has 4 aliphatic rings. The molecular weight excluding hydrogens is 939 g/mol. The third kappa shape index (κ3) is 11.5. The molecule has 2 saturated carbocycles. The molecule has 0 saturated heterocycles. The van der Waals surface area contributed by atoms with Gasteiger partial charge in [-0.3, -0.25) is 9.59 Å². The summed E-state index contributed by atoms with van der Waals surface area (Å²) in [4.78, 5) is 22.9. The number of allylic oxidation sites excluding steroid dienone is 4. The van der Waals surface area contributed by atoms with Gasteiger partial charge in [0.1, 0.15) is 34.5 Å². The summed E-state index contributed by atoms with van der Waals surface area (Å²) in [5, 5.41) is 27.4. The molecule has 6 aromatic rings. The number of aromatic nitrogens is 2. The highest BCUT2D eigenvalue weighted by Gasteiger charge is 2.37. The van der Waals surface area contributed by atoms with Crippen molar-refractivity contribution in [3.05, 3.63) is 154 Å². The minimum atomic E-state index is -0.770. The van der Waals surface area contributed by atoms with Crippen LogP contribution in [-0.4, -0.2) is 46.7 Å². The third-order valence-electron chi connectivity index (χ3n) is 15.2. The van der Waals surface area contributed by atoms with Crippen LogP contribution < -0.4 is 9.47 Å². The van der Waals surface area contributed by atoms with Gasteiger partial charge in [0.15, 0.2) is 11.5 Å². The Morgan fingerprint density at radius 3 is 1.36 bits per heavy atom. The van der Waals surface area contributed by atoms with Gasteiger partial charge in [-0.25, -0.2) is 8.78 Å². The largest absolute Gasteiger partial charge is 0.497 e. The Morgan fingerprint density at radius 1 is 0.622 bits per heavy atom. The molecule has 384 valence electrons. The number of carboxylic acids is 2. The molecule has 0 aliphatic heterocycles. The fraction of sp³-hybridized carbons (Fsp3) is 0.355. The molecule has 0 amide bonds. The molecule has 10 nitrogen and oxygen atoms in total. The number of aliphatic carboxylic acids is 2. The van der Waals surface area contributed by atoms with Gasteiger partial charge in [0.05, 0.1) is 38.2 Å². The molecule has 2 heterocycles. The smallest absolute Gasteiger partial charge is 0.303 e. The maximum atomic E-state index is 15.0. The predicted molar refractivity (Wildman–Crippen MR) is 285 cm³/mol. The highest BCUT2D eigenvalue weighted by molar-refractivity contribution is 5.89. The molecular formula is C62H64F2N2O8. The number of carboxylic acid groups (broad SMARTS) is 2. The summed E-state index contributed by atoms with van der Waals surface area (Å²) in [7, 11) is 3.10. The van der Waals surface area contributed by atoms with E-state index in [1.165, 1.54) is 12.1 Å². The van der Waals surface area contributed by atoms with Gasteiger partial charge in [0.25, 0.3) is 0 Å². The number of ether oxygens (including phenoxy) is 2. The van der Waals surface area contributed by atoms with Gasteiger partial charge in [-0.1, -0.05) is 111 Å². The van der Waals surface area contributed by atoms with Crippen LogP contribution in [0.2, 0.25) is 0 Å². The molecule has 4 aromatic carbocycles. The SMILES string of the molecule is COc1ccc(F)c(-c2noc(/C=C/c3cccc([C@@H](CC(=O)O)C4CC4)c3)c2C2=CCCC2(C)C)c1.COc1ccc(F)c(-c2noc(/C=C\c3cccc([C@@H](CC(=O)O)C4CC4)c3)c2C2=CCCC2(C)C)c1. The fourth-order valence-corrected chi connectivity index (χ4v) is 10.8. The van der Waals surface area contributed by atoms with Crippen molar-refractivity contribution in [1.29, 1.82) is 0 Å². The quantitative estimate of drug-likeness (QED) is 0.0853. The van der Waals surface area contributed by atoms with Crippen molar-refractivity contribution < 1.29 is 47.1 Å². The highest BCUT2D eigenvalue weighted by Crippen LogP contribution is 2.51. The lowest BCUT2D eigenvalue weighted by Gasteiger charge is -2.22. The second-order valence-corrected chi connectivity index (χ2v) is 21.4. The van der Waals surface area contributed by atoms with Crippen LogP contribution in [-0.2, 0) is 9.59 Å². The summed E-state index contributed by atoms with van der Waals surface area (Å²) in [6, 6.07) is 25.3. The van der Waals surface area contributed by atoms with E-state index in [0.717, 1.165) is 95.9 Å². The standard InChI is InChI=1S/2C31H32FNO4/c2*1-31(2)15-5-8-25(31)29-27(37-33-30(29)24-17-22(36-3)12-13-26(24)32)14-9-19-6-4-7-21(16-19)23(18-28(34)35)20-10-11-20/h2*4,6-9,12-14,16-17,20,23H,5,10-11,15,18H2,1-3H3,(H,34,35)/b14-9+;14-9-/t2*23-/m00/s1. The topological polar surface area (TPSA) is 145 Å². The van der Waals surface area contributed by atoms with Crippen LogP contribution >= 0.6 is 0 Å². The predicted octanol–water partition coefficient (Wildman–Crippen LogP) is 15.7. The Kier molecular flexibility index (Phi) is 15.1. The average Bonchev–Trinajstić information content (AvgIpc) is 4.26. The monoisotopic (exact) mass is 1000 g/mol. The van der Waals surface area contributed by atoms with E-state index in [1.54, 1.807) is 38.5 Å². The summed E-state index contributed by atoms with van der Waals surface area (Å²) < 4.78 is 52.3. The lowest BCUT2D eigenvalue weighted by Crippen LogP contribution is -2.10. The molecule has 0 radical (unpaired) electrons. The zero-order chi connectivity index (χ0) is 52.3. The van der Waals surface area contributed by atoms with E-state index >= 15 is 0 Å². The van der Waals surface area contributed by atoms with E-state index in [-0.39, 0.29) is 47.1 Å². The van der Waals surface area contributed by atoms with Crippen molar-refractivity contribution in [2.24, 2.45) is 22.7 Å². The minimum absolute atomic E-state index is 0.0266. The summed E-state index contributed by atoms with van der Waals surface area (Å²) in [5.41, 5.74) is 9.15. The van der Waals surface area contributed by atoms with E-state index in [1.807, 2.05) is 60.7 Å². The molecule has 2 atom stereocenters. The molecule has 2 fully saturated rings. The average molecular weight is 1000 g/mol. The Hall–Kier alpha value is -7.34. The van der Waals surface area contributed by atoms with E-state index in [4.69, 9.17) is 18.5 Å². The van der Waals surface area contributed by atoms with Gasteiger partial charge in [-0.15, -0.1) is 0 Å². The van der Waals surface area contributed by atoms with Gasteiger partial charge in [-0.05, 0) is 168 Å². The zero-order valence-electron chi connectivity index (χ0n) is 42.9. The van der Waals surface area contributed by atoms with Crippen molar-refractivity contribution in [3.63, 3.8) is 0 Å². The van der Waals surface area contributed by atoms with Gasteiger partial charge in [-0.2, -0.15) is 0 Å². The molecule has 12 heteroatoms. The fourth-order valence-electron chi connectivity index (χ4n) is 10.8. The highest BCUT2D eigenvalue weighted by atomic mass is 19.1. The Bertz CT molecular complexity index is 2970. The Balaban J connectivity index is 0.000000182. The number of benzene rings is 4. The van der Waals surface area contributed by atoms with E-state index in [2.05, 4.69) is 62.3 Å². The molecule has 10 rings (SSSR count). The number of nitrogens with zero attached hydrogens (tertiary/aromatic N) is 2. The first-order valence-corrected chi connectivity index (χ1v) is 25.6. The normalized spacial score (nSPS) is 17.7. The van der Waals surface area contributed by atoms with E-state index in [0.29, 0.717) is 57.4 Å². The van der Waals surface area contributed by atoms with E-state index < -0.39 is 11.9 Å². The van der Waals surface area contributed by atoms with Crippen molar-refractivity contribution in [2.45, 2.75) is 104 Å². The van der Waals surface area contributed by atoms with Crippen molar-refractivity contribution >= 4 is 47.4 Å². The lowest BCUT2D eigenvalue weighted by atomic mass is 9.80. The van der Waals surface area contributed by atoms with Crippen molar-refractivity contribution in [1.82, 2.24) is 10.3 Å². The first-order valence-electron chi connectivity index (χ1n) is 25.6. The summed E-state index contributed by atoms with van der Waals surface area (Å²) in [6.45, 7) is 8.73. The van der Waals surface area contributed by atoms with Gasteiger partial charge >= 0.3 is 11.9 Å². The van der Waals surface area contributed by atoms with Crippen LogP contribution in [0, 0.1) is 34.3 Å². The molecule has 0 unspecified atom stereocenters. The minimum Gasteiger partial charge on any atom is -0.497 e. The molecule has 74 heavy (non-hydrogen) atoms. The van der Waals surface area contributed by atoms with Gasteiger partial charge in [0.2, 0.25) is 0 Å². The van der Waals surface area contributed by atoms with Gasteiger partial charge < -0.3 is 28.7 Å². The van der Waals surface area contributed by atoms with Crippen LogP contribution in [0.3, 0.4) is 0 Å². The third-order valence-corrected chi connectivity index (χ3v) is 15.2. The number of methoxy groups -OCH3 is 2.